The van der Waals surface area contributed by atoms with Crippen molar-refractivity contribution in [1.82, 2.24) is 14.8 Å². The molecule has 0 bridgehead atoms. The monoisotopic (exact) mass is 274 g/mol. The number of anilines is 1. The van der Waals surface area contributed by atoms with Crippen molar-refractivity contribution in [2.75, 3.05) is 5.32 Å². The van der Waals surface area contributed by atoms with Gasteiger partial charge in [0.1, 0.15) is 23.4 Å². The van der Waals surface area contributed by atoms with Gasteiger partial charge in [0.05, 0.1) is 0 Å². The number of carboxylic acids is 1. The number of halogens is 1. The number of hydrogen-bond donors (Lipinski definition) is 2. The normalized spacial score (nSPS) is 17.1. The summed E-state index contributed by atoms with van der Waals surface area (Å²) in [6.07, 6.45) is 1.42. The van der Waals surface area contributed by atoms with Gasteiger partial charge in [0.25, 0.3) is 0 Å². The van der Waals surface area contributed by atoms with Crippen molar-refractivity contribution in [2.24, 2.45) is 0 Å². The van der Waals surface area contributed by atoms with Gasteiger partial charge in [0.2, 0.25) is 5.95 Å². The highest BCUT2D eigenvalue weighted by Gasteiger charge is 2.27. The molecule has 1 aliphatic heterocycles. The van der Waals surface area contributed by atoms with E-state index < -0.39 is 17.8 Å². The van der Waals surface area contributed by atoms with Crippen LogP contribution in [0.15, 0.2) is 36.0 Å². The number of benzene rings is 1. The molecule has 0 unspecified atom stereocenters. The van der Waals surface area contributed by atoms with Crippen LogP contribution in [-0.2, 0) is 4.79 Å². The lowest BCUT2D eigenvalue weighted by molar-refractivity contribution is -0.132. The third-order valence-corrected chi connectivity index (χ3v) is 3.03. The van der Waals surface area contributed by atoms with Crippen molar-refractivity contribution >= 4 is 11.9 Å². The molecule has 0 saturated carbocycles. The number of nitrogens with zero attached hydrogens (tertiary/aromatic N) is 3. The first-order valence-electron chi connectivity index (χ1n) is 5.96. The number of nitrogens with one attached hydrogen (secondary N) is 1. The topological polar surface area (TPSA) is 80.0 Å². The first kappa shape index (κ1) is 12.3. The predicted molar refractivity (Wildman–Crippen MR) is 68.6 cm³/mol. The van der Waals surface area contributed by atoms with E-state index in [1.165, 1.54) is 16.8 Å². The lowest BCUT2D eigenvalue weighted by Gasteiger charge is -2.22. The second kappa shape index (κ2) is 4.44. The number of hydrogen-bond acceptors (Lipinski definition) is 4. The average Bonchev–Trinajstić information content (AvgIpc) is 2.78. The maximum atomic E-state index is 13.9. The van der Waals surface area contributed by atoms with Crippen molar-refractivity contribution in [3.8, 4) is 0 Å². The summed E-state index contributed by atoms with van der Waals surface area (Å²) in [4.78, 5) is 15.3. The molecule has 2 aromatic rings. The third kappa shape index (κ3) is 1.93. The molecule has 1 aliphatic rings. The minimum Gasteiger partial charge on any atom is -0.477 e. The van der Waals surface area contributed by atoms with Gasteiger partial charge in [-0.2, -0.15) is 10.1 Å². The second-order valence-corrected chi connectivity index (χ2v) is 4.40. The van der Waals surface area contributed by atoms with E-state index in [1.54, 1.807) is 25.1 Å². The summed E-state index contributed by atoms with van der Waals surface area (Å²) in [6, 6.07) is 5.56. The Morgan fingerprint density at radius 3 is 2.90 bits per heavy atom. The van der Waals surface area contributed by atoms with Gasteiger partial charge in [-0.05, 0) is 19.1 Å². The Hall–Kier alpha value is -2.70. The van der Waals surface area contributed by atoms with Crippen molar-refractivity contribution < 1.29 is 14.3 Å². The van der Waals surface area contributed by atoms with Gasteiger partial charge in [-0.15, -0.1) is 0 Å². The van der Waals surface area contributed by atoms with Gasteiger partial charge in [0, 0.05) is 5.56 Å². The maximum absolute atomic E-state index is 13.9. The fourth-order valence-electron chi connectivity index (χ4n) is 2.16. The van der Waals surface area contributed by atoms with Crippen LogP contribution in [0, 0.1) is 12.7 Å². The van der Waals surface area contributed by atoms with Gasteiger partial charge in [0.15, 0.2) is 0 Å². The molecule has 102 valence electrons. The highest BCUT2D eigenvalue weighted by molar-refractivity contribution is 5.90. The van der Waals surface area contributed by atoms with Crippen LogP contribution in [0.5, 0.6) is 0 Å². The molecule has 1 aromatic heterocycles. The van der Waals surface area contributed by atoms with E-state index in [2.05, 4.69) is 15.4 Å². The van der Waals surface area contributed by atoms with Crippen molar-refractivity contribution in [3.05, 3.63) is 53.2 Å². The van der Waals surface area contributed by atoms with Crippen molar-refractivity contribution in [3.63, 3.8) is 0 Å². The fourth-order valence-corrected chi connectivity index (χ4v) is 2.16. The zero-order valence-electron chi connectivity index (χ0n) is 10.5. The summed E-state index contributed by atoms with van der Waals surface area (Å²) >= 11 is 0. The molecule has 1 aromatic carbocycles. The van der Waals surface area contributed by atoms with Crippen LogP contribution in [-0.4, -0.2) is 25.8 Å². The minimum atomic E-state index is -1.13. The molecule has 2 heterocycles. The third-order valence-electron chi connectivity index (χ3n) is 3.03. The van der Waals surface area contributed by atoms with Gasteiger partial charge >= 0.3 is 5.97 Å². The Bertz CT molecular complexity index is 723. The molecule has 20 heavy (non-hydrogen) atoms. The average molecular weight is 274 g/mol. The Kier molecular flexibility index (Phi) is 2.74. The number of allylic oxidation sites excluding steroid dienone is 1. The van der Waals surface area contributed by atoms with Crippen LogP contribution < -0.4 is 5.32 Å². The zero-order valence-corrected chi connectivity index (χ0v) is 10.5. The number of aliphatic carboxylic acids is 1. The van der Waals surface area contributed by atoms with E-state index in [0.29, 0.717) is 11.4 Å². The molecule has 0 spiro atoms. The number of fused-ring (bicyclic) bond motifs is 1. The molecule has 0 saturated heterocycles. The molecule has 2 N–H and O–H groups in total. The lowest BCUT2D eigenvalue weighted by atomic mass is 10.0. The second-order valence-electron chi connectivity index (χ2n) is 4.40. The first-order chi connectivity index (χ1) is 9.56. The Morgan fingerprint density at radius 1 is 1.45 bits per heavy atom. The zero-order chi connectivity index (χ0) is 14.3. The molecule has 0 amide bonds. The van der Waals surface area contributed by atoms with Gasteiger partial charge < -0.3 is 10.4 Å². The smallest absolute Gasteiger partial charge is 0.352 e. The van der Waals surface area contributed by atoms with Crippen molar-refractivity contribution in [2.45, 2.75) is 13.0 Å². The molecule has 7 heteroatoms. The van der Waals surface area contributed by atoms with E-state index in [0.717, 1.165) is 0 Å². The SMILES string of the molecule is Cc1nc2n(n1)[C@@H](c1ccccc1F)C=C(C(=O)O)N2. The van der Waals surface area contributed by atoms with E-state index in [4.69, 9.17) is 5.11 Å². The largest absolute Gasteiger partial charge is 0.477 e. The summed E-state index contributed by atoms with van der Waals surface area (Å²) in [6.45, 7) is 1.69. The van der Waals surface area contributed by atoms with Crippen LogP contribution in [0.25, 0.3) is 0 Å². The summed E-state index contributed by atoms with van der Waals surface area (Å²) in [5, 5.41) is 16.0. The molecule has 6 nitrogen and oxygen atoms in total. The van der Waals surface area contributed by atoms with Gasteiger partial charge in [-0.3, -0.25) is 0 Å². The van der Waals surface area contributed by atoms with Crippen molar-refractivity contribution in [1.29, 1.82) is 0 Å². The number of aromatic nitrogens is 3. The highest BCUT2D eigenvalue weighted by Crippen LogP contribution is 2.30. The first-order valence-corrected chi connectivity index (χ1v) is 5.96. The van der Waals surface area contributed by atoms with Crippen LogP contribution in [0.1, 0.15) is 17.4 Å². The van der Waals surface area contributed by atoms with Crippen LogP contribution in [0.2, 0.25) is 0 Å². The van der Waals surface area contributed by atoms with Crippen LogP contribution in [0.3, 0.4) is 0 Å². The molecule has 0 radical (unpaired) electrons. The van der Waals surface area contributed by atoms with E-state index in [9.17, 15) is 9.18 Å². The quantitative estimate of drug-likeness (QED) is 0.871. The molecular weight excluding hydrogens is 263 g/mol. The van der Waals surface area contributed by atoms with Crippen LogP contribution >= 0.6 is 0 Å². The Balaban J connectivity index is 2.17. The number of aryl methyl sites for hydroxylation is 1. The molecular formula is C13H11FN4O2. The Morgan fingerprint density at radius 2 is 2.20 bits per heavy atom. The maximum Gasteiger partial charge on any atom is 0.352 e. The van der Waals surface area contributed by atoms with Gasteiger partial charge in [-0.25, -0.2) is 13.9 Å². The predicted octanol–water partition coefficient (Wildman–Crippen LogP) is 1.71. The number of carboxylic acid groups (broad SMARTS) is 1. The van der Waals surface area contributed by atoms with E-state index >= 15 is 0 Å². The Labute approximate surface area is 113 Å². The van der Waals surface area contributed by atoms with E-state index in [-0.39, 0.29) is 11.6 Å². The summed E-state index contributed by atoms with van der Waals surface area (Å²) in [7, 11) is 0. The van der Waals surface area contributed by atoms with Crippen LogP contribution in [0.4, 0.5) is 10.3 Å². The summed E-state index contributed by atoms with van der Waals surface area (Å²) in [5.41, 5.74) is 0.303. The standard InChI is InChI=1S/C13H11FN4O2/c1-7-15-13-16-10(12(19)20)6-11(18(13)17-7)8-4-2-3-5-9(8)14/h2-6,11H,1H3,(H,19,20)(H,15,16,17)/t11-/m1/s1. The highest BCUT2D eigenvalue weighted by atomic mass is 19.1. The molecule has 3 rings (SSSR count). The summed E-state index contributed by atoms with van der Waals surface area (Å²) < 4.78 is 15.4. The fraction of sp³-hybridized carbons (Fsp3) is 0.154. The summed E-state index contributed by atoms with van der Waals surface area (Å²) in [5.74, 6) is -0.776. The van der Waals surface area contributed by atoms with E-state index in [1.807, 2.05) is 0 Å². The number of rotatable bonds is 2. The molecule has 0 fully saturated rings. The minimum absolute atomic E-state index is 0.0434. The number of carbonyl (C=O) groups is 1. The van der Waals surface area contributed by atoms with Gasteiger partial charge in [-0.1, -0.05) is 18.2 Å². The lowest BCUT2D eigenvalue weighted by Crippen LogP contribution is -2.24. The molecule has 0 aliphatic carbocycles. The molecule has 1 atom stereocenters.